The third-order valence-corrected chi connectivity index (χ3v) is 3.08. The van der Waals surface area contributed by atoms with Crippen LogP contribution in [0.4, 0.5) is 0 Å². The van der Waals surface area contributed by atoms with E-state index in [9.17, 15) is 4.79 Å². The van der Waals surface area contributed by atoms with Crippen molar-refractivity contribution < 1.29 is 4.79 Å². The number of carbonyl (C=O) groups is 1. The molecule has 1 aliphatic rings. The average Bonchev–Trinajstić information content (AvgIpc) is 2.15. The van der Waals surface area contributed by atoms with Crippen molar-refractivity contribution in [3.63, 3.8) is 0 Å². The van der Waals surface area contributed by atoms with Crippen molar-refractivity contribution in [1.82, 2.24) is 9.80 Å². The third kappa shape index (κ3) is 4.12. The molecule has 0 bridgehead atoms. The summed E-state index contributed by atoms with van der Waals surface area (Å²) in [5.41, 5.74) is 0.360. The van der Waals surface area contributed by atoms with Crippen molar-refractivity contribution in [2.24, 2.45) is 11.3 Å². The second-order valence-electron chi connectivity index (χ2n) is 6.34. The van der Waals surface area contributed by atoms with Crippen LogP contribution in [0.25, 0.3) is 0 Å². The Bertz CT molecular complexity index is 235. The molecule has 0 aromatic rings. The predicted molar refractivity (Wildman–Crippen MR) is 67.3 cm³/mol. The molecule has 3 nitrogen and oxygen atoms in total. The van der Waals surface area contributed by atoms with Crippen LogP contribution < -0.4 is 0 Å². The SMILES string of the molecule is CN(C)C(=O)C1CCN(CC(C)(C)C)CC1. The fourth-order valence-corrected chi connectivity index (χ4v) is 2.37. The van der Waals surface area contributed by atoms with Crippen LogP contribution in [-0.2, 0) is 4.79 Å². The van der Waals surface area contributed by atoms with Gasteiger partial charge >= 0.3 is 0 Å². The average molecular weight is 226 g/mol. The standard InChI is InChI=1S/C13H26N2O/c1-13(2,3)10-15-8-6-11(7-9-15)12(16)14(4)5/h11H,6-10H2,1-5H3. The summed E-state index contributed by atoms with van der Waals surface area (Å²) in [6.45, 7) is 10.1. The minimum Gasteiger partial charge on any atom is -0.349 e. The second kappa shape index (κ2) is 5.17. The number of nitrogens with zero attached hydrogens (tertiary/aromatic N) is 2. The van der Waals surface area contributed by atoms with Gasteiger partial charge in [-0.05, 0) is 31.3 Å². The van der Waals surface area contributed by atoms with Gasteiger partial charge in [-0.25, -0.2) is 0 Å². The zero-order valence-corrected chi connectivity index (χ0v) is 11.4. The van der Waals surface area contributed by atoms with Gasteiger partial charge in [-0.3, -0.25) is 4.79 Å². The van der Waals surface area contributed by atoms with E-state index in [1.165, 1.54) is 0 Å². The highest BCUT2D eigenvalue weighted by atomic mass is 16.2. The van der Waals surface area contributed by atoms with E-state index in [0.717, 1.165) is 32.5 Å². The van der Waals surface area contributed by atoms with Crippen LogP contribution in [0.2, 0.25) is 0 Å². The molecule has 1 fully saturated rings. The molecule has 0 aromatic carbocycles. The van der Waals surface area contributed by atoms with Crippen LogP contribution in [0.5, 0.6) is 0 Å². The molecule has 0 aromatic heterocycles. The maximum Gasteiger partial charge on any atom is 0.225 e. The van der Waals surface area contributed by atoms with E-state index in [4.69, 9.17) is 0 Å². The number of piperidine rings is 1. The summed E-state index contributed by atoms with van der Waals surface area (Å²) in [5, 5.41) is 0. The van der Waals surface area contributed by atoms with Crippen molar-refractivity contribution in [1.29, 1.82) is 0 Å². The zero-order valence-electron chi connectivity index (χ0n) is 11.4. The summed E-state index contributed by atoms with van der Waals surface area (Å²) < 4.78 is 0. The molecule has 0 aliphatic carbocycles. The summed E-state index contributed by atoms with van der Waals surface area (Å²) in [5.74, 6) is 0.557. The van der Waals surface area contributed by atoms with Crippen LogP contribution in [0.1, 0.15) is 33.6 Å². The molecule has 3 heteroatoms. The summed E-state index contributed by atoms with van der Waals surface area (Å²) in [6, 6.07) is 0. The number of likely N-dealkylation sites (tertiary alicyclic amines) is 1. The predicted octanol–water partition coefficient (Wildman–Crippen LogP) is 1.83. The minimum absolute atomic E-state index is 0.256. The van der Waals surface area contributed by atoms with E-state index in [1.54, 1.807) is 4.90 Å². The molecule has 0 spiro atoms. The maximum absolute atomic E-state index is 11.8. The highest BCUT2D eigenvalue weighted by Gasteiger charge is 2.27. The minimum atomic E-state index is 0.256. The van der Waals surface area contributed by atoms with Crippen molar-refractivity contribution in [3.05, 3.63) is 0 Å². The van der Waals surface area contributed by atoms with Crippen molar-refractivity contribution in [2.75, 3.05) is 33.7 Å². The molecule has 1 aliphatic heterocycles. The molecular formula is C13H26N2O. The van der Waals surface area contributed by atoms with Crippen LogP contribution >= 0.6 is 0 Å². The normalized spacial score (nSPS) is 19.8. The van der Waals surface area contributed by atoms with Crippen molar-refractivity contribution >= 4 is 5.91 Å². The van der Waals surface area contributed by atoms with Gasteiger partial charge in [-0.1, -0.05) is 20.8 Å². The van der Waals surface area contributed by atoms with Gasteiger partial charge in [0, 0.05) is 26.6 Å². The van der Waals surface area contributed by atoms with Gasteiger partial charge in [0.2, 0.25) is 5.91 Å². The summed E-state index contributed by atoms with van der Waals surface area (Å²) in [6.07, 6.45) is 2.04. The van der Waals surface area contributed by atoms with E-state index in [1.807, 2.05) is 14.1 Å². The molecule has 0 atom stereocenters. The monoisotopic (exact) mass is 226 g/mol. The van der Waals surface area contributed by atoms with E-state index in [-0.39, 0.29) is 5.92 Å². The Balaban J connectivity index is 2.37. The van der Waals surface area contributed by atoms with Gasteiger partial charge < -0.3 is 9.80 Å². The largest absolute Gasteiger partial charge is 0.349 e. The number of rotatable bonds is 2. The number of hydrogen-bond donors (Lipinski definition) is 0. The highest BCUT2D eigenvalue weighted by molar-refractivity contribution is 5.78. The lowest BCUT2D eigenvalue weighted by Gasteiger charge is -2.36. The fraction of sp³-hybridized carbons (Fsp3) is 0.923. The maximum atomic E-state index is 11.8. The number of hydrogen-bond acceptors (Lipinski definition) is 2. The van der Waals surface area contributed by atoms with Gasteiger partial charge in [0.25, 0.3) is 0 Å². The van der Waals surface area contributed by atoms with Crippen LogP contribution in [0.15, 0.2) is 0 Å². The summed E-state index contributed by atoms with van der Waals surface area (Å²) in [7, 11) is 3.70. The first kappa shape index (κ1) is 13.5. The first-order valence-corrected chi connectivity index (χ1v) is 6.23. The van der Waals surface area contributed by atoms with Crippen LogP contribution in [0, 0.1) is 11.3 Å². The summed E-state index contributed by atoms with van der Waals surface area (Å²) >= 11 is 0. The molecule has 1 saturated heterocycles. The van der Waals surface area contributed by atoms with E-state index >= 15 is 0 Å². The van der Waals surface area contributed by atoms with Gasteiger partial charge in [0.15, 0.2) is 0 Å². The fourth-order valence-electron chi connectivity index (χ4n) is 2.37. The van der Waals surface area contributed by atoms with E-state index in [0.29, 0.717) is 11.3 Å². The number of carbonyl (C=O) groups excluding carboxylic acids is 1. The van der Waals surface area contributed by atoms with Gasteiger partial charge in [-0.2, -0.15) is 0 Å². The molecular weight excluding hydrogens is 200 g/mol. The Labute approximate surface area is 99.8 Å². The lowest BCUT2D eigenvalue weighted by Crippen LogP contribution is -2.42. The van der Waals surface area contributed by atoms with Gasteiger partial charge in [0.1, 0.15) is 0 Å². The van der Waals surface area contributed by atoms with Gasteiger partial charge in [-0.15, -0.1) is 0 Å². The third-order valence-electron chi connectivity index (χ3n) is 3.08. The first-order chi connectivity index (χ1) is 7.29. The van der Waals surface area contributed by atoms with Crippen molar-refractivity contribution in [3.8, 4) is 0 Å². The molecule has 16 heavy (non-hydrogen) atoms. The Morgan fingerprint density at radius 1 is 1.25 bits per heavy atom. The Morgan fingerprint density at radius 3 is 2.12 bits per heavy atom. The highest BCUT2D eigenvalue weighted by Crippen LogP contribution is 2.22. The van der Waals surface area contributed by atoms with E-state index < -0.39 is 0 Å². The quantitative estimate of drug-likeness (QED) is 0.717. The topological polar surface area (TPSA) is 23.6 Å². The van der Waals surface area contributed by atoms with Crippen molar-refractivity contribution in [2.45, 2.75) is 33.6 Å². The second-order valence-corrected chi connectivity index (χ2v) is 6.34. The molecule has 1 heterocycles. The smallest absolute Gasteiger partial charge is 0.225 e. The lowest BCUT2D eigenvalue weighted by atomic mass is 9.91. The Hall–Kier alpha value is -0.570. The van der Waals surface area contributed by atoms with Crippen LogP contribution in [-0.4, -0.2) is 49.4 Å². The molecule has 1 rings (SSSR count). The first-order valence-electron chi connectivity index (χ1n) is 6.23. The molecule has 0 saturated carbocycles. The van der Waals surface area contributed by atoms with Gasteiger partial charge in [0.05, 0.1) is 0 Å². The molecule has 0 unspecified atom stereocenters. The molecule has 0 N–H and O–H groups in total. The lowest BCUT2D eigenvalue weighted by molar-refractivity contribution is -0.134. The summed E-state index contributed by atoms with van der Waals surface area (Å²) in [4.78, 5) is 16.0. The molecule has 94 valence electrons. The van der Waals surface area contributed by atoms with E-state index in [2.05, 4.69) is 25.7 Å². The molecule has 0 radical (unpaired) electrons. The Kier molecular flexibility index (Phi) is 4.36. The Morgan fingerprint density at radius 2 is 1.75 bits per heavy atom. The zero-order chi connectivity index (χ0) is 12.3. The number of amides is 1. The molecule has 1 amide bonds. The van der Waals surface area contributed by atoms with Crippen LogP contribution in [0.3, 0.4) is 0 Å².